The fourth-order valence-corrected chi connectivity index (χ4v) is 2.36. The highest BCUT2D eigenvalue weighted by atomic mass is 32.1. The molecule has 2 aromatic heterocycles. The standard InChI is InChI=1S/C13H12N4OS/c18-12-15-16-13(19)17(12)8-6-10-4-1-3-9-5-2-7-14-11(9)10/h1-5,7H,6,8H2,(H,15,18)(H,16,19). The number of nitrogens with one attached hydrogen (secondary N) is 2. The summed E-state index contributed by atoms with van der Waals surface area (Å²) in [6, 6.07) is 10.0. The topological polar surface area (TPSA) is 66.5 Å². The predicted molar refractivity (Wildman–Crippen MR) is 75.7 cm³/mol. The van der Waals surface area contributed by atoms with E-state index in [0.29, 0.717) is 17.7 Å². The molecule has 2 N–H and O–H groups in total. The first-order valence-corrected chi connectivity index (χ1v) is 6.36. The molecule has 2 heterocycles. The molecular weight excluding hydrogens is 260 g/mol. The summed E-state index contributed by atoms with van der Waals surface area (Å²) in [6.45, 7) is 0.535. The molecular formula is C13H12N4OS. The zero-order valence-electron chi connectivity index (χ0n) is 10.1. The lowest BCUT2D eigenvalue weighted by Crippen LogP contribution is -2.18. The first kappa shape index (κ1) is 11.9. The Labute approximate surface area is 113 Å². The van der Waals surface area contributed by atoms with Crippen molar-refractivity contribution in [3.63, 3.8) is 0 Å². The van der Waals surface area contributed by atoms with E-state index >= 15 is 0 Å². The van der Waals surface area contributed by atoms with Gasteiger partial charge in [-0.3, -0.25) is 14.6 Å². The normalized spacial score (nSPS) is 10.9. The first-order chi connectivity index (χ1) is 9.25. The second-order valence-electron chi connectivity index (χ2n) is 4.25. The molecule has 6 heteroatoms. The van der Waals surface area contributed by atoms with Crippen LogP contribution >= 0.6 is 12.2 Å². The van der Waals surface area contributed by atoms with E-state index < -0.39 is 0 Å². The third kappa shape index (κ3) is 2.22. The van der Waals surface area contributed by atoms with Crippen molar-refractivity contribution in [1.82, 2.24) is 19.7 Å². The molecule has 0 aliphatic heterocycles. The number of aromatic amines is 2. The van der Waals surface area contributed by atoms with Gasteiger partial charge in [-0.2, -0.15) is 0 Å². The van der Waals surface area contributed by atoms with E-state index in [2.05, 4.69) is 15.2 Å². The molecule has 0 bridgehead atoms. The van der Waals surface area contributed by atoms with Crippen LogP contribution < -0.4 is 5.69 Å². The summed E-state index contributed by atoms with van der Waals surface area (Å²) in [7, 11) is 0. The number of H-pyrrole nitrogens is 2. The lowest BCUT2D eigenvalue weighted by Gasteiger charge is -2.05. The summed E-state index contributed by atoms with van der Waals surface area (Å²) in [5, 5.41) is 6.21. The number of rotatable bonds is 3. The van der Waals surface area contributed by atoms with Gasteiger partial charge in [0.05, 0.1) is 5.52 Å². The third-order valence-electron chi connectivity index (χ3n) is 3.09. The monoisotopic (exact) mass is 272 g/mol. The van der Waals surface area contributed by atoms with Crippen LogP contribution in [0.2, 0.25) is 0 Å². The Morgan fingerprint density at radius 1 is 1.21 bits per heavy atom. The summed E-state index contributed by atoms with van der Waals surface area (Å²) in [5.74, 6) is 0. The molecule has 19 heavy (non-hydrogen) atoms. The molecule has 96 valence electrons. The van der Waals surface area contributed by atoms with Crippen LogP contribution in [0.25, 0.3) is 10.9 Å². The van der Waals surface area contributed by atoms with Gasteiger partial charge < -0.3 is 0 Å². The molecule has 5 nitrogen and oxygen atoms in total. The number of hydrogen-bond donors (Lipinski definition) is 2. The van der Waals surface area contributed by atoms with Crippen LogP contribution in [0.4, 0.5) is 0 Å². The molecule has 0 radical (unpaired) electrons. The van der Waals surface area contributed by atoms with Gasteiger partial charge in [0, 0.05) is 18.1 Å². The van der Waals surface area contributed by atoms with Crippen molar-refractivity contribution in [2.45, 2.75) is 13.0 Å². The smallest absolute Gasteiger partial charge is 0.272 e. The van der Waals surface area contributed by atoms with Crippen molar-refractivity contribution < 1.29 is 0 Å². The third-order valence-corrected chi connectivity index (χ3v) is 3.41. The van der Waals surface area contributed by atoms with Crippen molar-refractivity contribution in [2.75, 3.05) is 0 Å². The second kappa shape index (κ2) is 4.81. The SMILES string of the molecule is O=c1[nH][nH]c(=S)n1CCc1cccc2cccnc12. The lowest BCUT2D eigenvalue weighted by molar-refractivity contribution is 0.665. The fourth-order valence-electron chi connectivity index (χ4n) is 2.14. The molecule has 0 saturated heterocycles. The maximum absolute atomic E-state index is 11.5. The minimum atomic E-state index is -0.210. The van der Waals surface area contributed by atoms with E-state index in [-0.39, 0.29) is 5.69 Å². The van der Waals surface area contributed by atoms with Crippen LogP contribution in [-0.4, -0.2) is 19.7 Å². The molecule has 3 aromatic rings. The summed E-state index contributed by atoms with van der Waals surface area (Å²) < 4.78 is 1.93. The van der Waals surface area contributed by atoms with Crippen molar-refractivity contribution >= 4 is 23.1 Å². The van der Waals surface area contributed by atoms with Gasteiger partial charge in [0.1, 0.15) is 0 Å². The number of aryl methyl sites for hydroxylation is 1. The largest absolute Gasteiger partial charge is 0.342 e. The number of pyridine rings is 1. The highest BCUT2D eigenvalue weighted by Crippen LogP contribution is 2.16. The van der Waals surface area contributed by atoms with Gasteiger partial charge in [-0.05, 0) is 30.3 Å². The number of benzene rings is 1. The van der Waals surface area contributed by atoms with E-state index in [1.807, 2.05) is 30.3 Å². The Balaban J connectivity index is 1.94. The lowest BCUT2D eigenvalue weighted by atomic mass is 10.1. The van der Waals surface area contributed by atoms with Gasteiger partial charge in [0.2, 0.25) is 0 Å². The van der Waals surface area contributed by atoms with Gasteiger partial charge >= 0.3 is 5.69 Å². The van der Waals surface area contributed by atoms with Crippen LogP contribution in [0, 0.1) is 4.77 Å². The number of fused-ring (bicyclic) bond motifs is 1. The Kier molecular flexibility index (Phi) is 3.00. The summed E-state index contributed by atoms with van der Waals surface area (Å²) in [6.07, 6.45) is 2.49. The van der Waals surface area contributed by atoms with E-state index in [4.69, 9.17) is 12.2 Å². The fraction of sp³-hybridized carbons (Fsp3) is 0.154. The van der Waals surface area contributed by atoms with E-state index in [1.165, 1.54) is 4.57 Å². The Bertz CT molecular complexity index is 797. The molecule has 0 aliphatic rings. The molecule has 0 aliphatic carbocycles. The summed E-state index contributed by atoms with van der Waals surface area (Å²) in [4.78, 5) is 15.9. The van der Waals surface area contributed by atoms with Crippen LogP contribution in [0.3, 0.4) is 0 Å². The minimum absolute atomic E-state index is 0.210. The van der Waals surface area contributed by atoms with Crippen molar-refractivity contribution in [3.8, 4) is 0 Å². The number of hydrogen-bond acceptors (Lipinski definition) is 3. The zero-order chi connectivity index (χ0) is 13.2. The average Bonchev–Trinajstić information content (AvgIpc) is 2.76. The van der Waals surface area contributed by atoms with Crippen molar-refractivity contribution in [2.24, 2.45) is 0 Å². The van der Waals surface area contributed by atoms with E-state index in [1.54, 1.807) is 6.20 Å². The zero-order valence-corrected chi connectivity index (χ0v) is 10.9. The average molecular weight is 272 g/mol. The maximum Gasteiger partial charge on any atom is 0.342 e. The summed E-state index contributed by atoms with van der Waals surface area (Å²) >= 11 is 5.04. The van der Waals surface area contributed by atoms with E-state index in [9.17, 15) is 4.79 Å². The number of nitrogens with zero attached hydrogens (tertiary/aromatic N) is 2. The van der Waals surface area contributed by atoms with Gasteiger partial charge in [-0.15, -0.1) is 0 Å². The molecule has 0 saturated carbocycles. The van der Waals surface area contributed by atoms with Crippen LogP contribution in [0.5, 0.6) is 0 Å². The molecule has 0 fully saturated rings. The molecule has 3 rings (SSSR count). The predicted octanol–water partition coefficient (Wildman–Crippen LogP) is 2.02. The maximum atomic E-state index is 11.5. The van der Waals surface area contributed by atoms with Crippen LogP contribution in [0.1, 0.15) is 5.56 Å². The van der Waals surface area contributed by atoms with Crippen LogP contribution in [0.15, 0.2) is 41.3 Å². The number of aromatic nitrogens is 4. The summed E-state index contributed by atoms with van der Waals surface area (Å²) in [5.41, 5.74) is 1.88. The molecule has 0 atom stereocenters. The van der Waals surface area contributed by atoms with Gasteiger partial charge in [-0.1, -0.05) is 24.3 Å². The highest BCUT2D eigenvalue weighted by molar-refractivity contribution is 7.71. The van der Waals surface area contributed by atoms with Gasteiger partial charge in [-0.25, -0.2) is 9.89 Å². The van der Waals surface area contributed by atoms with Gasteiger partial charge in [0.25, 0.3) is 0 Å². The van der Waals surface area contributed by atoms with Gasteiger partial charge in [0.15, 0.2) is 4.77 Å². The Morgan fingerprint density at radius 3 is 2.84 bits per heavy atom. The minimum Gasteiger partial charge on any atom is -0.272 e. The molecule has 1 aromatic carbocycles. The van der Waals surface area contributed by atoms with Crippen molar-refractivity contribution in [3.05, 3.63) is 57.3 Å². The molecule has 0 unspecified atom stereocenters. The quantitative estimate of drug-likeness (QED) is 0.717. The Morgan fingerprint density at radius 2 is 2.05 bits per heavy atom. The second-order valence-corrected chi connectivity index (χ2v) is 4.64. The van der Waals surface area contributed by atoms with Crippen LogP contribution in [-0.2, 0) is 13.0 Å². The first-order valence-electron chi connectivity index (χ1n) is 5.96. The highest BCUT2D eigenvalue weighted by Gasteiger charge is 2.04. The molecule has 0 amide bonds. The van der Waals surface area contributed by atoms with E-state index in [0.717, 1.165) is 16.5 Å². The number of para-hydroxylation sites is 1. The molecule has 0 spiro atoms. The van der Waals surface area contributed by atoms with Crippen molar-refractivity contribution in [1.29, 1.82) is 0 Å². The Hall–Kier alpha value is -2.21.